The van der Waals surface area contributed by atoms with Crippen LogP contribution in [0.25, 0.3) is 0 Å². The Bertz CT molecular complexity index is 870. The van der Waals surface area contributed by atoms with Crippen molar-refractivity contribution in [2.24, 2.45) is 0 Å². The maximum absolute atomic E-state index is 11.3. The predicted octanol–water partition coefficient (Wildman–Crippen LogP) is 2.26. The minimum absolute atomic E-state index is 0.0769. The smallest absolute Gasteiger partial charge is 0.218 e. The Balaban J connectivity index is 1.32. The SMILES string of the molecule is CNC(NC(C)=O)c1ccc(OC2CCN(c3ccnc(OC4CCOC4)c3)C2)cc1. The second kappa shape index (κ2) is 9.98. The minimum Gasteiger partial charge on any atom is -0.489 e. The van der Waals surface area contributed by atoms with Crippen LogP contribution in [0.15, 0.2) is 42.6 Å². The van der Waals surface area contributed by atoms with E-state index in [0.29, 0.717) is 12.5 Å². The Labute approximate surface area is 182 Å². The van der Waals surface area contributed by atoms with E-state index in [1.54, 1.807) is 6.20 Å². The van der Waals surface area contributed by atoms with Gasteiger partial charge in [0.2, 0.25) is 11.8 Å². The molecule has 166 valence electrons. The molecule has 2 N–H and O–H groups in total. The third-order valence-corrected chi connectivity index (χ3v) is 5.56. The van der Waals surface area contributed by atoms with Crippen LogP contribution >= 0.6 is 0 Å². The normalized spacial score (nSPS) is 21.7. The van der Waals surface area contributed by atoms with E-state index >= 15 is 0 Å². The van der Waals surface area contributed by atoms with Crippen molar-refractivity contribution in [1.82, 2.24) is 15.6 Å². The summed E-state index contributed by atoms with van der Waals surface area (Å²) in [5.74, 6) is 1.39. The Morgan fingerprint density at radius 1 is 1.19 bits per heavy atom. The number of benzene rings is 1. The summed E-state index contributed by atoms with van der Waals surface area (Å²) in [6, 6.07) is 11.8. The van der Waals surface area contributed by atoms with Crippen molar-refractivity contribution >= 4 is 11.6 Å². The number of pyridine rings is 1. The van der Waals surface area contributed by atoms with E-state index in [1.165, 1.54) is 6.92 Å². The van der Waals surface area contributed by atoms with E-state index in [9.17, 15) is 4.79 Å². The van der Waals surface area contributed by atoms with Crippen molar-refractivity contribution in [3.63, 3.8) is 0 Å². The number of amides is 1. The van der Waals surface area contributed by atoms with Gasteiger partial charge in [-0.05, 0) is 30.8 Å². The van der Waals surface area contributed by atoms with Crippen molar-refractivity contribution in [3.8, 4) is 11.6 Å². The summed E-state index contributed by atoms with van der Waals surface area (Å²) in [5, 5.41) is 5.96. The lowest BCUT2D eigenvalue weighted by Crippen LogP contribution is -2.34. The third kappa shape index (κ3) is 5.65. The van der Waals surface area contributed by atoms with Crippen LogP contribution in [-0.2, 0) is 9.53 Å². The molecule has 2 aliphatic rings. The van der Waals surface area contributed by atoms with Gasteiger partial charge < -0.3 is 24.4 Å². The average molecular weight is 427 g/mol. The zero-order valence-corrected chi connectivity index (χ0v) is 18.0. The lowest BCUT2D eigenvalue weighted by atomic mass is 10.1. The molecule has 0 saturated carbocycles. The van der Waals surface area contributed by atoms with E-state index in [0.717, 1.165) is 49.5 Å². The summed E-state index contributed by atoms with van der Waals surface area (Å²) in [4.78, 5) is 18.0. The molecule has 8 heteroatoms. The molecular formula is C23H30N4O4. The van der Waals surface area contributed by atoms with E-state index in [1.807, 2.05) is 43.4 Å². The summed E-state index contributed by atoms with van der Waals surface area (Å²) in [6.07, 6.45) is 3.63. The van der Waals surface area contributed by atoms with Crippen LogP contribution in [0.2, 0.25) is 0 Å². The monoisotopic (exact) mass is 426 g/mol. The molecule has 8 nitrogen and oxygen atoms in total. The first kappa shape index (κ1) is 21.4. The molecule has 0 bridgehead atoms. The van der Waals surface area contributed by atoms with Crippen molar-refractivity contribution in [1.29, 1.82) is 0 Å². The van der Waals surface area contributed by atoms with Crippen LogP contribution in [0.1, 0.15) is 31.5 Å². The zero-order valence-electron chi connectivity index (χ0n) is 18.0. The van der Waals surface area contributed by atoms with E-state index in [-0.39, 0.29) is 24.3 Å². The van der Waals surface area contributed by atoms with Gasteiger partial charge >= 0.3 is 0 Å². The number of carbonyl (C=O) groups excluding carboxylic acids is 1. The fourth-order valence-electron chi connectivity index (χ4n) is 3.95. The lowest BCUT2D eigenvalue weighted by molar-refractivity contribution is -0.119. The molecule has 0 aliphatic carbocycles. The summed E-state index contributed by atoms with van der Waals surface area (Å²) in [7, 11) is 1.81. The van der Waals surface area contributed by atoms with Crippen molar-refractivity contribution < 1.29 is 19.0 Å². The molecule has 2 aromatic rings. The molecule has 0 radical (unpaired) electrons. The van der Waals surface area contributed by atoms with Crippen molar-refractivity contribution in [3.05, 3.63) is 48.2 Å². The van der Waals surface area contributed by atoms with Gasteiger partial charge in [0.15, 0.2) is 0 Å². The highest BCUT2D eigenvalue weighted by Gasteiger charge is 2.25. The molecule has 1 aromatic carbocycles. The molecular weight excluding hydrogens is 396 g/mol. The number of carbonyl (C=O) groups is 1. The van der Waals surface area contributed by atoms with Gasteiger partial charge in [-0.1, -0.05) is 12.1 Å². The Morgan fingerprint density at radius 3 is 2.74 bits per heavy atom. The third-order valence-electron chi connectivity index (χ3n) is 5.56. The molecule has 3 atom stereocenters. The molecule has 2 fully saturated rings. The van der Waals surface area contributed by atoms with Gasteiger partial charge in [0.05, 0.1) is 19.8 Å². The van der Waals surface area contributed by atoms with Crippen LogP contribution in [0.3, 0.4) is 0 Å². The van der Waals surface area contributed by atoms with Gasteiger partial charge in [-0.2, -0.15) is 0 Å². The van der Waals surface area contributed by atoms with E-state index in [2.05, 4.69) is 20.5 Å². The number of rotatable bonds is 8. The molecule has 3 heterocycles. The molecule has 3 unspecified atom stereocenters. The number of ether oxygens (including phenoxy) is 3. The molecule has 1 aromatic heterocycles. The summed E-state index contributed by atoms with van der Waals surface area (Å²) in [6.45, 7) is 4.62. The highest BCUT2D eigenvalue weighted by molar-refractivity contribution is 5.73. The van der Waals surface area contributed by atoms with Gasteiger partial charge in [0, 0.05) is 44.3 Å². The Kier molecular flexibility index (Phi) is 6.89. The summed E-state index contributed by atoms with van der Waals surface area (Å²) >= 11 is 0. The van der Waals surface area contributed by atoms with Gasteiger partial charge in [-0.25, -0.2) is 4.98 Å². The summed E-state index contributed by atoms with van der Waals surface area (Å²) < 4.78 is 17.5. The zero-order chi connectivity index (χ0) is 21.6. The first-order valence-electron chi connectivity index (χ1n) is 10.8. The van der Waals surface area contributed by atoms with Gasteiger partial charge in [-0.15, -0.1) is 0 Å². The van der Waals surface area contributed by atoms with Crippen molar-refractivity contribution in [2.75, 3.05) is 38.3 Å². The maximum Gasteiger partial charge on any atom is 0.218 e. The number of hydrogen-bond donors (Lipinski definition) is 2. The van der Waals surface area contributed by atoms with Crippen LogP contribution in [-0.4, -0.2) is 56.5 Å². The minimum atomic E-state index is -0.215. The Hall–Kier alpha value is -2.84. The number of aromatic nitrogens is 1. The topological polar surface area (TPSA) is 85.0 Å². The van der Waals surface area contributed by atoms with Gasteiger partial charge in [0.25, 0.3) is 0 Å². The number of anilines is 1. The first-order chi connectivity index (χ1) is 15.1. The Morgan fingerprint density at radius 2 is 2.03 bits per heavy atom. The van der Waals surface area contributed by atoms with Crippen molar-refractivity contribution in [2.45, 2.75) is 38.1 Å². The van der Waals surface area contributed by atoms with Crippen LogP contribution in [0, 0.1) is 0 Å². The van der Waals surface area contributed by atoms with Crippen LogP contribution in [0.5, 0.6) is 11.6 Å². The first-order valence-corrected chi connectivity index (χ1v) is 10.8. The quantitative estimate of drug-likeness (QED) is 0.627. The second-order valence-corrected chi connectivity index (χ2v) is 7.92. The van der Waals surface area contributed by atoms with E-state index in [4.69, 9.17) is 14.2 Å². The molecule has 0 spiro atoms. The van der Waals surface area contributed by atoms with E-state index < -0.39 is 0 Å². The molecule has 4 rings (SSSR count). The molecule has 1 amide bonds. The summed E-state index contributed by atoms with van der Waals surface area (Å²) in [5.41, 5.74) is 2.08. The number of nitrogens with zero attached hydrogens (tertiary/aromatic N) is 2. The highest BCUT2D eigenvalue weighted by atomic mass is 16.5. The predicted molar refractivity (Wildman–Crippen MR) is 117 cm³/mol. The van der Waals surface area contributed by atoms with Gasteiger partial charge in [-0.3, -0.25) is 10.1 Å². The largest absolute Gasteiger partial charge is 0.489 e. The van der Waals surface area contributed by atoms with Crippen LogP contribution < -0.4 is 25.0 Å². The average Bonchev–Trinajstić information content (AvgIpc) is 3.45. The maximum atomic E-state index is 11.3. The number of hydrogen-bond acceptors (Lipinski definition) is 7. The highest BCUT2D eigenvalue weighted by Crippen LogP contribution is 2.27. The molecule has 31 heavy (non-hydrogen) atoms. The van der Waals surface area contributed by atoms with Crippen LogP contribution in [0.4, 0.5) is 5.69 Å². The standard InChI is InChI=1S/C23H30N4O4/c1-16(28)26-23(24-2)17-3-5-19(6-4-17)30-20-8-11-27(14-20)18-7-10-25-22(13-18)31-21-9-12-29-15-21/h3-7,10,13,20-21,23-24H,8-9,11-12,14-15H2,1-2H3,(H,26,28). The number of nitrogens with one attached hydrogen (secondary N) is 2. The van der Waals surface area contributed by atoms with Gasteiger partial charge in [0.1, 0.15) is 24.1 Å². The lowest BCUT2D eigenvalue weighted by Gasteiger charge is -2.21. The second-order valence-electron chi connectivity index (χ2n) is 7.92. The molecule has 2 saturated heterocycles. The fraction of sp³-hybridized carbons (Fsp3) is 0.478. The fourth-order valence-corrected chi connectivity index (χ4v) is 3.95. The molecule has 2 aliphatic heterocycles.